The minimum Gasteiger partial charge on any atom is -0.370 e. The van der Waals surface area contributed by atoms with Crippen molar-refractivity contribution in [3.8, 4) is 0 Å². The van der Waals surface area contributed by atoms with Crippen LogP contribution in [-0.2, 0) is 9.59 Å². The number of nitrogens with one attached hydrogen (secondary N) is 6. The third-order valence-electron chi connectivity index (χ3n) is 5.80. The number of likely N-dealkylation sites (tertiary alicyclic amines) is 1. The highest BCUT2D eigenvalue weighted by Crippen LogP contribution is 2.19. The molecule has 0 aliphatic carbocycles. The molecule has 14 heteroatoms. The quantitative estimate of drug-likeness (QED) is 0.151. The van der Waals surface area contributed by atoms with Crippen LogP contribution in [0.15, 0.2) is 30.5 Å². The van der Waals surface area contributed by atoms with Crippen molar-refractivity contribution in [2.75, 3.05) is 42.1 Å². The third kappa shape index (κ3) is 7.32. The van der Waals surface area contributed by atoms with Crippen LogP contribution in [-0.4, -0.2) is 78.8 Å². The van der Waals surface area contributed by atoms with Crippen LogP contribution in [0.5, 0.6) is 0 Å². The minimum absolute atomic E-state index is 0.114. The normalized spacial score (nSPS) is 16.6. The first-order valence-corrected chi connectivity index (χ1v) is 12.0. The molecule has 2 radical (unpaired) electrons. The highest BCUT2D eigenvalue weighted by molar-refractivity contribution is 6.35. The maximum atomic E-state index is 12.3. The Balaban J connectivity index is 1.22. The molecule has 0 saturated carbocycles. The average Bonchev–Trinajstić information content (AvgIpc) is 3.51. The molecular weight excluding hydrogens is 477 g/mol. The van der Waals surface area contributed by atoms with Crippen molar-refractivity contribution in [1.82, 2.24) is 30.8 Å². The molecule has 2 aliphatic heterocycles. The standard InChI is InChI=1S/C23H28BN9O4/c24-16-13-27-21(28-14-5-3-6-15(11-14)29-23(37)33-9-1-2-10-33)31-19(16)26-8-4-7-25-18(34)12-17-20(35)32-22(36)30-17/h3,5-6,11,13,17H,1-2,4,7-10,12H2,(H,25,34)(H,29,37)(H2,26,27,28,31)(H2,30,32,35,36). The Hall–Kier alpha value is -4.36. The first-order chi connectivity index (χ1) is 17.9. The van der Waals surface area contributed by atoms with Gasteiger partial charge in [0.1, 0.15) is 19.7 Å². The van der Waals surface area contributed by atoms with E-state index in [-0.39, 0.29) is 18.4 Å². The third-order valence-corrected chi connectivity index (χ3v) is 5.80. The summed E-state index contributed by atoms with van der Waals surface area (Å²) in [6.45, 7) is 2.37. The summed E-state index contributed by atoms with van der Waals surface area (Å²) in [6.07, 6.45) is 3.98. The maximum absolute atomic E-state index is 12.3. The van der Waals surface area contributed by atoms with Crippen LogP contribution in [0.4, 0.5) is 32.7 Å². The Morgan fingerprint density at radius 3 is 2.68 bits per heavy atom. The van der Waals surface area contributed by atoms with E-state index in [0.29, 0.717) is 48.1 Å². The fourth-order valence-electron chi connectivity index (χ4n) is 3.90. The summed E-state index contributed by atoms with van der Waals surface area (Å²) in [6, 6.07) is 5.70. The van der Waals surface area contributed by atoms with Crippen molar-refractivity contribution >= 4 is 60.3 Å². The lowest BCUT2D eigenvalue weighted by Gasteiger charge is -2.16. The maximum Gasteiger partial charge on any atom is 0.322 e. The molecule has 3 heterocycles. The Kier molecular flexibility index (Phi) is 8.38. The van der Waals surface area contributed by atoms with E-state index in [9.17, 15) is 19.2 Å². The van der Waals surface area contributed by atoms with Crippen molar-refractivity contribution in [2.45, 2.75) is 31.7 Å². The number of hydrogen-bond acceptors (Lipinski definition) is 8. The lowest BCUT2D eigenvalue weighted by Crippen LogP contribution is -2.36. The van der Waals surface area contributed by atoms with E-state index in [1.165, 1.54) is 6.20 Å². The summed E-state index contributed by atoms with van der Waals surface area (Å²) in [7, 11) is 5.99. The fraction of sp³-hybridized carbons (Fsp3) is 0.391. The molecule has 6 amide bonds. The number of nitrogens with zero attached hydrogens (tertiary/aromatic N) is 3. The molecule has 6 N–H and O–H groups in total. The summed E-state index contributed by atoms with van der Waals surface area (Å²) in [5, 5.41) is 16.3. The lowest BCUT2D eigenvalue weighted by molar-refractivity contribution is -0.126. The van der Waals surface area contributed by atoms with Gasteiger partial charge in [0.05, 0.1) is 6.42 Å². The topological polar surface area (TPSA) is 169 Å². The Morgan fingerprint density at radius 2 is 1.92 bits per heavy atom. The van der Waals surface area contributed by atoms with Crippen molar-refractivity contribution in [2.24, 2.45) is 0 Å². The second kappa shape index (κ2) is 12.1. The molecule has 2 aromatic rings. The molecule has 13 nitrogen and oxygen atoms in total. The summed E-state index contributed by atoms with van der Waals surface area (Å²) in [5.41, 5.74) is 1.72. The lowest BCUT2D eigenvalue weighted by atomic mass is 9.99. The number of rotatable bonds is 10. The van der Waals surface area contributed by atoms with E-state index in [1.54, 1.807) is 11.0 Å². The van der Waals surface area contributed by atoms with Gasteiger partial charge in [-0.25, -0.2) is 14.6 Å². The smallest absolute Gasteiger partial charge is 0.322 e. The number of amides is 6. The second-order valence-corrected chi connectivity index (χ2v) is 8.68. The van der Waals surface area contributed by atoms with Crippen LogP contribution >= 0.6 is 0 Å². The predicted molar refractivity (Wildman–Crippen MR) is 138 cm³/mol. The number of carbonyl (C=O) groups is 4. The average molecular weight is 505 g/mol. The zero-order chi connectivity index (χ0) is 26.2. The first kappa shape index (κ1) is 25.7. The zero-order valence-corrected chi connectivity index (χ0v) is 20.2. The largest absolute Gasteiger partial charge is 0.370 e. The molecule has 1 unspecified atom stereocenters. The monoisotopic (exact) mass is 505 g/mol. The molecule has 2 aliphatic rings. The molecule has 1 atom stereocenters. The van der Waals surface area contributed by atoms with Gasteiger partial charge in [0, 0.05) is 43.8 Å². The van der Waals surface area contributed by atoms with Crippen molar-refractivity contribution < 1.29 is 19.2 Å². The van der Waals surface area contributed by atoms with Gasteiger partial charge in [0.15, 0.2) is 0 Å². The van der Waals surface area contributed by atoms with Crippen molar-refractivity contribution in [3.63, 3.8) is 0 Å². The van der Waals surface area contributed by atoms with Crippen LogP contribution in [0.2, 0.25) is 0 Å². The van der Waals surface area contributed by atoms with Crippen LogP contribution in [0, 0.1) is 0 Å². The molecule has 37 heavy (non-hydrogen) atoms. The van der Waals surface area contributed by atoms with Crippen molar-refractivity contribution in [1.29, 1.82) is 0 Å². The molecule has 4 rings (SSSR count). The number of anilines is 4. The molecule has 192 valence electrons. The van der Waals surface area contributed by atoms with Crippen LogP contribution in [0.1, 0.15) is 25.7 Å². The molecule has 0 spiro atoms. The van der Waals surface area contributed by atoms with E-state index < -0.39 is 18.0 Å². The molecule has 1 aromatic heterocycles. The van der Waals surface area contributed by atoms with Gasteiger partial charge < -0.3 is 31.5 Å². The van der Waals surface area contributed by atoms with E-state index in [1.807, 2.05) is 18.2 Å². The number of urea groups is 2. The van der Waals surface area contributed by atoms with Gasteiger partial charge in [-0.05, 0) is 42.9 Å². The first-order valence-electron chi connectivity index (χ1n) is 12.0. The Labute approximate surface area is 215 Å². The van der Waals surface area contributed by atoms with E-state index >= 15 is 0 Å². The molecule has 1 aromatic carbocycles. The summed E-state index contributed by atoms with van der Waals surface area (Å²) in [4.78, 5) is 57.3. The van der Waals surface area contributed by atoms with Gasteiger partial charge >= 0.3 is 12.1 Å². The summed E-state index contributed by atoms with van der Waals surface area (Å²) in [5.74, 6) is -0.0872. The number of imide groups is 1. The Bertz CT molecular complexity index is 1170. The van der Waals surface area contributed by atoms with Gasteiger partial charge in [-0.2, -0.15) is 4.98 Å². The van der Waals surface area contributed by atoms with Crippen LogP contribution < -0.4 is 37.4 Å². The molecule has 0 bridgehead atoms. The number of benzene rings is 1. The number of carbonyl (C=O) groups excluding carboxylic acids is 4. The number of hydrogen-bond donors (Lipinski definition) is 6. The van der Waals surface area contributed by atoms with Gasteiger partial charge in [0.25, 0.3) is 5.91 Å². The van der Waals surface area contributed by atoms with Gasteiger partial charge in [-0.3, -0.25) is 14.9 Å². The highest BCUT2D eigenvalue weighted by Gasteiger charge is 2.31. The summed E-state index contributed by atoms with van der Waals surface area (Å²) < 4.78 is 0. The van der Waals surface area contributed by atoms with E-state index in [4.69, 9.17) is 7.85 Å². The second-order valence-electron chi connectivity index (χ2n) is 8.68. The van der Waals surface area contributed by atoms with Gasteiger partial charge in [-0.15, -0.1) is 0 Å². The van der Waals surface area contributed by atoms with Crippen molar-refractivity contribution in [3.05, 3.63) is 30.5 Å². The fourth-order valence-corrected chi connectivity index (χ4v) is 3.90. The van der Waals surface area contributed by atoms with E-state index in [2.05, 4.69) is 41.9 Å². The SMILES string of the molecule is [B]c1cnc(Nc2cccc(NC(=O)N3CCCC3)c2)nc1NCCCNC(=O)CC1NC(=O)NC1=O. The van der Waals surface area contributed by atoms with Gasteiger partial charge in [-0.1, -0.05) is 6.07 Å². The minimum atomic E-state index is -0.848. The van der Waals surface area contributed by atoms with E-state index in [0.717, 1.165) is 25.9 Å². The number of aromatic nitrogens is 2. The molecule has 2 saturated heterocycles. The molecular formula is C23H28BN9O4. The Morgan fingerprint density at radius 1 is 1.14 bits per heavy atom. The molecule has 2 fully saturated rings. The zero-order valence-electron chi connectivity index (χ0n) is 20.2. The predicted octanol–water partition coefficient (Wildman–Crippen LogP) is 0.158. The van der Waals surface area contributed by atoms with Crippen LogP contribution in [0.3, 0.4) is 0 Å². The highest BCUT2D eigenvalue weighted by atomic mass is 16.2. The summed E-state index contributed by atoms with van der Waals surface area (Å²) >= 11 is 0. The van der Waals surface area contributed by atoms with Crippen LogP contribution in [0.25, 0.3) is 0 Å². The van der Waals surface area contributed by atoms with Gasteiger partial charge in [0.2, 0.25) is 11.9 Å².